The second-order valence-electron chi connectivity index (χ2n) is 12.3. The summed E-state index contributed by atoms with van der Waals surface area (Å²) in [6.07, 6.45) is 19.6. The van der Waals surface area contributed by atoms with Gasteiger partial charge in [-0.15, -0.1) is 0 Å². The minimum Gasteiger partial charge on any atom is -0.494 e. The van der Waals surface area contributed by atoms with E-state index in [1.807, 2.05) is 60.7 Å². The third-order valence-corrected chi connectivity index (χ3v) is 8.42. The third-order valence-electron chi connectivity index (χ3n) is 8.42. The van der Waals surface area contributed by atoms with Gasteiger partial charge in [0.15, 0.2) is 5.67 Å². The molecule has 0 bridgehead atoms. The molecule has 3 atom stereocenters. The molecule has 3 rings (SSSR count). The van der Waals surface area contributed by atoms with Crippen LogP contribution in [0.1, 0.15) is 123 Å². The van der Waals surface area contributed by atoms with E-state index in [0.29, 0.717) is 36.9 Å². The van der Waals surface area contributed by atoms with Gasteiger partial charge in [-0.05, 0) is 61.1 Å². The molecule has 2 aromatic carbocycles. The van der Waals surface area contributed by atoms with Crippen LogP contribution in [0.3, 0.4) is 0 Å². The van der Waals surface area contributed by atoms with Crippen molar-refractivity contribution in [3.8, 4) is 16.9 Å². The van der Waals surface area contributed by atoms with E-state index in [9.17, 15) is 0 Å². The number of alkyl halides is 1. The molecular weight excluding hydrogens is 563 g/mol. The Hall–Kier alpha value is -2.63. The second kappa shape index (κ2) is 21.2. The van der Waals surface area contributed by atoms with Crippen molar-refractivity contribution >= 4 is 0 Å². The zero-order valence-corrected chi connectivity index (χ0v) is 28.5. The molecule has 0 saturated carbocycles. The molecular formula is C40H59FO4. The first-order valence-electron chi connectivity index (χ1n) is 17.9. The van der Waals surface area contributed by atoms with Gasteiger partial charge in [0.1, 0.15) is 17.6 Å². The Bertz CT molecular complexity index is 1140. The minimum absolute atomic E-state index is 0.164. The van der Waals surface area contributed by atoms with E-state index in [0.717, 1.165) is 68.9 Å². The molecule has 0 spiro atoms. The van der Waals surface area contributed by atoms with Gasteiger partial charge in [-0.1, -0.05) is 128 Å². The summed E-state index contributed by atoms with van der Waals surface area (Å²) in [6, 6.07) is 15.7. The molecule has 0 heterocycles. The summed E-state index contributed by atoms with van der Waals surface area (Å²) in [5.74, 6) is 1.30. The summed E-state index contributed by atoms with van der Waals surface area (Å²) in [6.45, 7) is 10.7. The summed E-state index contributed by atoms with van der Waals surface area (Å²) >= 11 is 0. The molecule has 0 radical (unpaired) electrons. The number of hydrogen-bond acceptors (Lipinski definition) is 4. The third kappa shape index (κ3) is 12.6. The SMILES string of the molecule is CCCCCCCCOC1=CC(F)(c2ccccc2-c2cccc(OC(OCCCCC)[C@H](CC)OCCCCC)c2)CC=C1. The molecule has 0 N–H and O–H groups in total. The fraction of sp³-hybridized carbons (Fsp3) is 0.600. The van der Waals surface area contributed by atoms with Crippen molar-refractivity contribution in [2.75, 3.05) is 19.8 Å². The Labute approximate surface area is 273 Å². The number of ether oxygens (including phenoxy) is 4. The lowest BCUT2D eigenvalue weighted by atomic mass is 9.84. The Kier molecular flexibility index (Phi) is 17.4. The van der Waals surface area contributed by atoms with Crippen LogP contribution in [0.25, 0.3) is 11.1 Å². The lowest BCUT2D eigenvalue weighted by Gasteiger charge is -2.28. The van der Waals surface area contributed by atoms with Gasteiger partial charge in [0.05, 0.1) is 13.2 Å². The van der Waals surface area contributed by atoms with E-state index in [4.69, 9.17) is 18.9 Å². The first kappa shape index (κ1) is 36.8. The van der Waals surface area contributed by atoms with E-state index >= 15 is 4.39 Å². The summed E-state index contributed by atoms with van der Waals surface area (Å²) in [4.78, 5) is 0. The van der Waals surface area contributed by atoms with Crippen molar-refractivity contribution in [3.63, 3.8) is 0 Å². The maximum atomic E-state index is 16.8. The van der Waals surface area contributed by atoms with Gasteiger partial charge < -0.3 is 18.9 Å². The van der Waals surface area contributed by atoms with Crippen LogP contribution in [0.4, 0.5) is 4.39 Å². The Morgan fingerprint density at radius 2 is 1.40 bits per heavy atom. The van der Waals surface area contributed by atoms with Crippen LogP contribution in [0.2, 0.25) is 0 Å². The van der Waals surface area contributed by atoms with Gasteiger partial charge in [-0.3, -0.25) is 0 Å². The lowest BCUT2D eigenvalue weighted by molar-refractivity contribution is -0.165. The molecule has 0 saturated heterocycles. The molecule has 0 aromatic heterocycles. The summed E-state index contributed by atoms with van der Waals surface area (Å²) in [5.41, 5.74) is 0.712. The zero-order valence-electron chi connectivity index (χ0n) is 28.5. The minimum atomic E-state index is -1.66. The monoisotopic (exact) mass is 622 g/mol. The molecule has 0 aliphatic heterocycles. The fourth-order valence-electron chi connectivity index (χ4n) is 5.74. The van der Waals surface area contributed by atoms with Crippen molar-refractivity contribution in [2.45, 2.75) is 136 Å². The molecule has 0 fully saturated rings. The average Bonchev–Trinajstić information content (AvgIpc) is 3.06. The molecule has 5 heteroatoms. The highest BCUT2D eigenvalue weighted by atomic mass is 19.1. The van der Waals surface area contributed by atoms with Crippen molar-refractivity contribution in [1.29, 1.82) is 0 Å². The summed E-state index contributed by atoms with van der Waals surface area (Å²) in [5, 5.41) is 0. The quantitative estimate of drug-likeness (QED) is 0.0862. The van der Waals surface area contributed by atoms with Crippen molar-refractivity contribution in [2.24, 2.45) is 0 Å². The van der Waals surface area contributed by atoms with Gasteiger partial charge in [0.25, 0.3) is 0 Å². The first-order valence-corrected chi connectivity index (χ1v) is 17.9. The first-order chi connectivity index (χ1) is 22.0. The molecule has 250 valence electrons. The van der Waals surface area contributed by atoms with Gasteiger partial charge in [0, 0.05) is 18.6 Å². The number of rotatable bonds is 24. The van der Waals surface area contributed by atoms with Crippen LogP contribution in [-0.2, 0) is 19.9 Å². The highest BCUT2D eigenvalue weighted by molar-refractivity contribution is 5.70. The molecule has 1 aliphatic rings. The van der Waals surface area contributed by atoms with E-state index in [1.54, 1.807) is 6.08 Å². The van der Waals surface area contributed by atoms with Crippen LogP contribution < -0.4 is 4.74 Å². The van der Waals surface area contributed by atoms with Gasteiger partial charge in [-0.2, -0.15) is 0 Å². The van der Waals surface area contributed by atoms with E-state index in [-0.39, 0.29) is 12.5 Å². The number of hydrogen-bond donors (Lipinski definition) is 0. The standard InChI is InChI=1S/C40H59FO4/c1-5-9-12-13-14-19-28-42-35-24-21-27-40(41,32-35)37-26-16-15-25-36(37)33-22-20-23-34(31-33)45-39(44-30-18-11-7-3)38(8-4)43-29-17-10-6-2/h15-16,20-26,31-32,38-39H,5-14,17-19,27-30H2,1-4H3/t38-,39?,40?/m0/s1. The Balaban J connectivity index is 1.76. The number of allylic oxidation sites excluding steroid dienone is 3. The van der Waals surface area contributed by atoms with Crippen LogP contribution in [0.15, 0.2) is 72.5 Å². The highest BCUT2D eigenvalue weighted by Gasteiger charge is 2.34. The fourth-order valence-corrected chi connectivity index (χ4v) is 5.74. The molecule has 1 aliphatic carbocycles. The predicted octanol–water partition coefficient (Wildman–Crippen LogP) is 11.6. The second-order valence-corrected chi connectivity index (χ2v) is 12.3. The van der Waals surface area contributed by atoms with Crippen molar-refractivity contribution in [3.05, 3.63) is 78.1 Å². The average molecular weight is 623 g/mol. The number of benzene rings is 2. The van der Waals surface area contributed by atoms with Crippen LogP contribution >= 0.6 is 0 Å². The molecule has 4 nitrogen and oxygen atoms in total. The molecule has 45 heavy (non-hydrogen) atoms. The van der Waals surface area contributed by atoms with Crippen LogP contribution in [-0.4, -0.2) is 32.2 Å². The number of unbranched alkanes of at least 4 members (excludes halogenated alkanes) is 9. The highest BCUT2D eigenvalue weighted by Crippen LogP contribution is 2.42. The Morgan fingerprint density at radius 3 is 2.16 bits per heavy atom. The normalized spacial score (nSPS) is 17.6. The van der Waals surface area contributed by atoms with Gasteiger partial charge in [-0.25, -0.2) is 4.39 Å². The maximum Gasteiger partial charge on any atom is 0.226 e. The van der Waals surface area contributed by atoms with Gasteiger partial charge >= 0.3 is 0 Å². The van der Waals surface area contributed by atoms with E-state index in [1.165, 1.54) is 25.7 Å². The summed E-state index contributed by atoms with van der Waals surface area (Å²) in [7, 11) is 0. The lowest BCUT2D eigenvalue weighted by Crippen LogP contribution is -2.37. The van der Waals surface area contributed by atoms with E-state index < -0.39 is 12.0 Å². The molecule has 2 aromatic rings. The zero-order chi connectivity index (χ0) is 32.2. The smallest absolute Gasteiger partial charge is 0.226 e. The summed E-state index contributed by atoms with van der Waals surface area (Å²) < 4.78 is 41.8. The van der Waals surface area contributed by atoms with Crippen LogP contribution in [0.5, 0.6) is 5.75 Å². The van der Waals surface area contributed by atoms with Crippen LogP contribution in [0, 0.1) is 0 Å². The van der Waals surface area contributed by atoms with Crippen molar-refractivity contribution in [1.82, 2.24) is 0 Å². The predicted molar refractivity (Wildman–Crippen MR) is 185 cm³/mol. The number of halogens is 1. The molecule has 2 unspecified atom stereocenters. The topological polar surface area (TPSA) is 36.9 Å². The molecule has 0 amide bonds. The maximum absolute atomic E-state index is 16.8. The Morgan fingerprint density at radius 1 is 0.733 bits per heavy atom. The van der Waals surface area contributed by atoms with E-state index in [2.05, 4.69) is 27.7 Å². The van der Waals surface area contributed by atoms with Gasteiger partial charge in [0.2, 0.25) is 6.29 Å². The largest absolute Gasteiger partial charge is 0.494 e. The van der Waals surface area contributed by atoms with Crippen molar-refractivity contribution < 1.29 is 23.3 Å².